The van der Waals surface area contributed by atoms with Gasteiger partial charge in [-0.3, -0.25) is 9.59 Å². The van der Waals surface area contributed by atoms with E-state index >= 15 is 0 Å². The lowest BCUT2D eigenvalue weighted by atomic mass is 10.0. The van der Waals surface area contributed by atoms with Crippen molar-refractivity contribution in [3.05, 3.63) is 46.9 Å². The second-order valence-electron chi connectivity index (χ2n) is 7.08. The Morgan fingerprint density at radius 2 is 1.89 bits per heavy atom. The van der Waals surface area contributed by atoms with Gasteiger partial charge in [-0.1, -0.05) is 11.6 Å². The SMILES string of the molecule is O=C(Nc1ccnn1C1CCN(C(=O)c2ccc(F)c(Cl)c2)CC1)C1CC1. The summed E-state index contributed by atoms with van der Waals surface area (Å²) in [5.41, 5.74) is 0.385. The second-order valence-corrected chi connectivity index (χ2v) is 7.48. The quantitative estimate of drug-likeness (QED) is 0.868. The molecule has 2 amide bonds. The molecule has 1 saturated heterocycles. The molecule has 1 saturated carbocycles. The Morgan fingerprint density at radius 1 is 1.15 bits per heavy atom. The van der Waals surface area contributed by atoms with Crippen LogP contribution in [-0.4, -0.2) is 39.6 Å². The van der Waals surface area contributed by atoms with Crippen LogP contribution in [0.5, 0.6) is 0 Å². The zero-order valence-corrected chi connectivity index (χ0v) is 15.5. The molecule has 1 aromatic heterocycles. The zero-order chi connectivity index (χ0) is 19.0. The molecule has 0 unspecified atom stereocenters. The Balaban J connectivity index is 1.39. The van der Waals surface area contributed by atoms with Crippen LogP contribution in [0.1, 0.15) is 42.1 Å². The van der Waals surface area contributed by atoms with E-state index in [1.807, 2.05) is 4.68 Å². The maximum absolute atomic E-state index is 13.3. The van der Waals surface area contributed by atoms with Crippen molar-refractivity contribution in [1.82, 2.24) is 14.7 Å². The molecule has 2 fully saturated rings. The molecule has 2 heterocycles. The van der Waals surface area contributed by atoms with Gasteiger partial charge in [0.1, 0.15) is 11.6 Å². The Hall–Kier alpha value is -2.41. The molecule has 0 bridgehead atoms. The van der Waals surface area contributed by atoms with E-state index in [2.05, 4.69) is 10.4 Å². The third kappa shape index (κ3) is 3.83. The Bertz CT molecular complexity index is 872. The first-order valence-electron chi connectivity index (χ1n) is 9.11. The minimum Gasteiger partial charge on any atom is -0.338 e. The van der Waals surface area contributed by atoms with Gasteiger partial charge in [-0.05, 0) is 43.9 Å². The number of aromatic nitrogens is 2. The first-order chi connectivity index (χ1) is 13.0. The normalized spacial score (nSPS) is 17.8. The maximum atomic E-state index is 13.3. The molecule has 6 nitrogen and oxygen atoms in total. The smallest absolute Gasteiger partial charge is 0.253 e. The predicted molar refractivity (Wildman–Crippen MR) is 99.2 cm³/mol. The highest BCUT2D eigenvalue weighted by molar-refractivity contribution is 6.31. The molecular formula is C19H20ClFN4O2. The van der Waals surface area contributed by atoms with Gasteiger partial charge < -0.3 is 10.2 Å². The molecule has 0 atom stereocenters. The highest BCUT2D eigenvalue weighted by atomic mass is 35.5. The number of carbonyl (C=O) groups excluding carboxylic acids is 2. The lowest BCUT2D eigenvalue weighted by Crippen LogP contribution is -2.39. The van der Waals surface area contributed by atoms with Gasteiger partial charge in [-0.2, -0.15) is 5.10 Å². The first kappa shape index (κ1) is 18.0. The number of rotatable bonds is 4. The topological polar surface area (TPSA) is 67.2 Å². The van der Waals surface area contributed by atoms with Crippen molar-refractivity contribution in [2.75, 3.05) is 18.4 Å². The third-order valence-corrected chi connectivity index (χ3v) is 5.42. The average Bonchev–Trinajstić information content (AvgIpc) is 3.43. The number of halogens is 2. The van der Waals surface area contributed by atoms with E-state index in [4.69, 9.17) is 11.6 Å². The number of nitrogens with zero attached hydrogens (tertiary/aromatic N) is 3. The van der Waals surface area contributed by atoms with Crippen LogP contribution in [0.2, 0.25) is 5.02 Å². The summed E-state index contributed by atoms with van der Waals surface area (Å²) in [4.78, 5) is 26.4. The third-order valence-electron chi connectivity index (χ3n) is 5.13. The largest absolute Gasteiger partial charge is 0.338 e. The zero-order valence-electron chi connectivity index (χ0n) is 14.7. The summed E-state index contributed by atoms with van der Waals surface area (Å²) in [6.07, 6.45) is 5.05. The monoisotopic (exact) mass is 390 g/mol. The van der Waals surface area contributed by atoms with Gasteiger partial charge in [-0.25, -0.2) is 9.07 Å². The molecule has 8 heteroatoms. The number of piperidine rings is 1. The van der Waals surface area contributed by atoms with Crippen LogP contribution in [-0.2, 0) is 4.79 Å². The van der Waals surface area contributed by atoms with Crippen LogP contribution in [0.15, 0.2) is 30.5 Å². The molecule has 27 heavy (non-hydrogen) atoms. The minimum absolute atomic E-state index is 0.0525. The van der Waals surface area contributed by atoms with Crippen molar-refractivity contribution in [2.24, 2.45) is 5.92 Å². The van der Waals surface area contributed by atoms with Gasteiger partial charge in [0.2, 0.25) is 5.91 Å². The van der Waals surface area contributed by atoms with Crippen LogP contribution >= 0.6 is 11.6 Å². The van der Waals surface area contributed by atoms with E-state index in [-0.39, 0.29) is 28.8 Å². The van der Waals surface area contributed by atoms with E-state index < -0.39 is 5.82 Å². The average molecular weight is 391 g/mol. The summed E-state index contributed by atoms with van der Waals surface area (Å²) in [6, 6.07) is 5.95. The molecule has 1 aromatic carbocycles. The van der Waals surface area contributed by atoms with Crippen molar-refractivity contribution in [2.45, 2.75) is 31.7 Å². The Labute approximate surface area is 161 Å². The van der Waals surface area contributed by atoms with Gasteiger partial charge >= 0.3 is 0 Å². The van der Waals surface area contributed by atoms with Crippen molar-refractivity contribution in [3.63, 3.8) is 0 Å². The second kappa shape index (κ2) is 7.31. The molecule has 2 aromatic rings. The van der Waals surface area contributed by atoms with E-state index in [9.17, 15) is 14.0 Å². The van der Waals surface area contributed by atoms with Crippen LogP contribution in [0.3, 0.4) is 0 Å². The highest BCUT2D eigenvalue weighted by Crippen LogP contribution is 2.31. The number of carbonyl (C=O) groups is 2. The van der Waals surface area contributed by atoms with Gasteiger partial charge in [0.05, 0.1) is 17.3 Å². The summed E-state index contributed by atoms with van der Waals surface area (Å²) in [6.45, 7) is 1.13. The van der Waals surface area contributed by atoms with Crippen LogP contribution in [0, 0.1) is 11.7 Å². The van der Waals surface area contributed by atoms with Gasteiger partial charge in [0, 0.05) is 30.6 Å². The number of amides is 2. The number of anilines is 1. The molecule has 142 valence electrons. The number of likely N-dealkylation sites (tertiary alicyclic amines) is 1. The number of hydrogen-bond donors (Lipinski definition) is 1. The van der Waals surface area contributed by atoms with E-state index in [0.29, 0.717) is 24.5 Å². The molecule has 0 radical (unpaired) electrons. The molecular weight excluding hydrogens is 371 g/mol. The number of hydrogen-bond acceptors (Lipinski definition) is 3. The van der Waals surface area contributed by atoms with E-state index in [1.54, 1.807) is 17.2 Å². The summed E-state index contributed by atoms with van der Waals surface area (Å²) < 4.78 is 15.1. The predicted octanol–water partition coefficient (Wildman–Crippen LogP) is 3.50. The Kier molecular flexibility index (Phi) is 4.86. The summed E-state index contributed by atoms with van der Waals surface area (Å²) in [5.74, 6) is 0.208. The van der Waals surface area contributed by atoms with Crippen molar-refractivity contribution in [3.8, 4) is 0 Å². The summed E-state index contributed by atoms with van der Waals surface area (Å²) >= 11 is 5.78. The van der Waals surface area contributed by atoms with E-state index in [0.717, 1.165) is 25.7 Å². The van der Waals surface area contributed by atoms with Gasteiger partial charge in [0.25, 0.3) is 5.91 Å². The lowest BCUT2D eigenvalue weighted by Gasteiger charge is -2.32. The first-order valence-corrected chi connectivity index (χ1v) is 9.49. The molecule has 1 aliphatic heterocycles. The number of benzene rings is 1. The molecule has 4 rings (SSSR count). The van der Waals surface area contributed by atoms with Crippen molar-refractivity contribution >= 4 is 29.2 Å². The number of nitrogens with one attached hydrogen (secondary N) is 1. The molecule has 1 N–H and O–H groups in total. The van der Waals surface area contributed by atoms with E-state index in [1.165, 1.54) is 18.2 Å². The van der Waals surface area contributed by atoms with Crippen molar-refractivity contribution < 1.29 is 14.0 Å². The fraction of sp³-hybridized carbons (Fsp3) is 0.421. The summed E-state index contributed by atoms with van der Waals surface area (Å²) in [7, 11) is 0. The van der Waals surface area contributed by atoms with Gasteiger partial charge in [-0.15, -0.1) is 0 Å². The minimum atomic E-state index is -0.536. The van der Waals surface area contributed by atoms with Crippen LogP contribution < -0.4 is 5.32 Å². The van der Waals surface area contributed by atoms with Crippen molar-refractivity contribution in [1.29, 1.82) is 0 Å². The molecule has 1 aliphatic carbocycles. The van der Waals surface area contributed by atoms with Crippen LogP contribution in [0.25, 0.3) is 0 Å². The van der Waals surface area contributed by atoms with Crippen LogP contribution in [0.4, 0.5) is 10.2 Å². The highest BCUT2D eigenvalue weighted by Gasteiger charge is 2.31. The molecule has 2 aliphatic rings. The Morgan fingerprint density at radius 3 is 2.56 bits per heavy atom. The van der Waals surface area contributed by atoms with Gasteiger partial charge in [0.15, 0.2) is 0 Å². The fourth-order valence-electron chi connectivity index (χ4n) is 3.40. The maximum Gasteiger partial charge on any atom is 0.253 e. The fourth-order valence-corrected chi connectivity index (χ4v) is 3.58. The molecule has 0 spiro atoms. The standard InChI is InChI=1S/C19H20ClFN4O2/c20-15-11-13(3-4-16(15)21)19(27)24-9-6-14(7-10-24)25-17(5-8-22-25)23-18(26)12-1-2-12/h3-5,8,11-12,14H,1-2,6-7,9-10H2,(H,23,26). The lowest BCUT2D eigenvalue weighted by molar-refractivity contribution is -0.117. The summed E-state index contributed by atoms with van der Waals surface area (Å²) in [5, 5.41) is 7.26.